The van der Waals surface area contributed by atoms with E-state index in [2.05, 4.69) is 0 Å². The van der Waals surface area contributed by atoms with Crippen LogP contribution in [0.25, 0.3) is 6.08 Å². The number of hydrogen-bond acceptors (Lipinski definition) is 2. The molecule has 100 valence electrons. The third-order valence-electron chi connectivity index (χ3n) is 3.52. The number of piperidine rings is 1. The van der Waals surface area contributed by atoms with Crippen molar-refractivity contribution in [3.8, 4) is 0 Å². The average Bonchev–Trinajstić information content (AvgIpc) is 2.38. The summed E-state index contributed by atoms with van der Waals surface area (Å²) in [6.45, 7) is 4.58. The van der Waals surface area contributed by atoms with E-state index in [0.29, 0.717) is 13.0 Å². The van der Waals surface area contributed by atoms with Gasteiger partial charge in [0.05, 0.1) is 0 Å². The fourth-order valence-electron chi connectivity index (χ4n) is 2.37. The molecule has 0 spiro atoms. The number of likely N-dealkylation sites (tertiary alicyclic amines) is 1. The molecule has 0 atom stereocenters. The zero-order chi connectivity index (χ0) is 13.8. The monoisotopic (exact) mass is 257 g/mol. The highest BCUT2D eigenvalue weighted by Gasteiger charge is 2.22. The predicted octanol–water partition coefficient (Wildman–Crippen LogP) is 2.86. The Morgan fingerprint density at radius 3 is 2.53 bits per heavy atom. The van der Waals surface area contributed by atoms with Gasteiger partial charge >= 0.3 is 0 Å². The number of amides is 2. The summed E-state index contributed by atoms with van der Waals surface area (Å²) in [6.07, 6.45) is 5.62. The van der Waals surface area contributed by atoms with E-state index in [1.807, 2.05) is 38.1 Å². The van der Waals surface area contributed by atoms with E-state index in [4.69, 9.17) is 0 Å². The lowest BCUT2D eigenvalue weighted by Gasteiger charge is -2.23. The van der Waals surface area contributed by atoms with Gasteiger partial charge in [-0.2, -0.15) is 0 Å². The maximum atomic E-state index is 12.0. The van der Waals surface area contributed by atoms with Gasteiger partial charge in [0.2, 0.25) is 5.91 Å². The van der Waals surface area contributed by atoms with Gasteiger partial charge < -0.3 is 0 Å². The summed E-state index contributed by atoms with van der Waals surface area (Å²) < 4.78 is 0. The molecule has 0 radical (unpaired) electrons. The highest BCUT2D eigenvalue weighted by Crippen LogP contribution is 2.16. The van der Waals surface area contributed by atoms with Gasteiger partial charge in [0, 0.05) is 19.0 Å². The number of benzene rings is 1. The van der Waals surface area contributed by atoms with E-state index in [9.17, 15) is 9.59 Å². The molecule has 1 heterocycles. The van der Waals surface area contributed by atoms with Crippen LogP contribution in [-0.2, 0) is 9.59 Å². The summed E-state index contributed by atoms with van der Waals surface area (Å²) in [7, 11) is 0. The van der Waals surface area contributed by atoms with E-state index in [-0.39, 0.29) is 11.8 Å². The number of rotatable bonds is 2. The van der Waals surface area contributed by atoms with Crippen molar-refractivity contribution in [2.45, 2.75) is 33.1 Å². The summed E-state index contributed by atoms with van der Waals surface area (Å²) in [5, 5.41) is 0. The zero-order valence-electron chi connectivity index (χ0n) is 11.5. The minimum Gasteiger partial charge on any atom is -0.279 e. The molecular weight excluding hydrogens is 238 g/mol. The Balaban J connectivity index is 2.14. The Labute approximate surface area is 113 Å². The molecule has 0 aromatic heterocycles. The normalized spacial score (nSPS) is 16.1. The summed E-state index contributed by atoms with van der Waals surface area (Å²) in [5.74, 6) is -0.255. The van der Waals surface area contributed by atoms with Gasteiger partial charge in [0.1, 0.15) is 0 Å². The van der Waals surface area contributed by atoms with E-state index >= 15 is 0 Å². The molecule has 1 aromatic carbocycles. The summed E-state index contributed by atoms with van der Waals surface area (Å²) in [4.78, 5) is 25.0. The van der Waals surface area contributed by atoms with Gasteiger partial charge in [0.25, 0.3) is 5.91 Å². The van der Waals surface area contributed by atoms with Crippen LogP contribution < -0.4 is 0 Å². The lowest BCUT2D eigenvalue weighted by Crippen LogP contribution is -2.39. The lowest BCUT2D eigenvalue weighted by atomic mass is 10.0. The van der Waals surface area contributed by atoms with Crippen molar-refractivity contribution >= 4 is 17.9 Å². The van der Waals surface area contributed by atoms with Gasteiger partial charge in [-0.1, -0.05) is 18.2 Å². The summed E-state index contributed by atoms with van der Waals surface area (Å²) >= 11 is 0. The van der Waals surface area contributed by atoms with Crippen LogP contribution in [0.3, 0.4) is 0 Å². The summed E-state index contributed by atoms with van der Waals surface area (Å²) in [5.41, 5.74) is 3.32. The third kappa shape index (κ3) is 3.11. The Bertz CT molecular complexity index is 511. The van der Waals surface area contributed by atoms with E-state index < -0.39 is 0 Å². The van der Waals surface area contributed by atoms with Crippen molar-refractivity contribution in [2.24, 2.45) is 0 Å². The molecule has 0 unspecified atom stereocenters. The average molecular weight is 257 g/mol. The van der Waals surface area contributed by atoms with Crippen molar-refractivity contribution in [3.63, 3.8) is 0 Å². The largest absolute Gasteiger partial charge is 0.279 e. The fraction of sp³-hybridized carbons (Fsp3) is 0.375. The van der Waals surface area contributed by atoms with E-state index in [1.165, 1.54) is 11.0 Å². The molecule has 1 saturated heterocycles. The van der Waals surface area contributed by atoms with Crippen LogP contribution in [0.2, 0.25) is 0 Å². The maximum Gasteiger partial charge on any atom is 0.253 e. The van der Waals surface area contributed by atoms with Crippen molar-refractivity contribution in [1.82, 2.24) is 4.90 Å². The van der Waals surface area contributed by atoms with Crippen molar-refractivity contribution < 1.29 is 9.59 Å². The first-order valence-corrected chi connectivity index (χ1v) is 6.68. The molecule has 19 heavy (non-hydrogen) atoms. The molecule has 2 amide bonds. The third-order valence-corrected chi connectivity index (χ3v) is 3.52. The van der Waals surface area contributed by atoms with Gasteiger partial charge in [0.15, 0.2) is 0 Å². The molecule has 0 aliphatic carbocycles. The van der Waals surface area contributed by atoms with Crippen LogP contribution >= 0.6 is 0 Å². The van der Waals surface area contributed by atoms with E-state index in [0.717, 1.165) is 29.5 Å². The fourth-order valence-corrected chi connectivity index (χ4v) is 2.37. The van der Waals surface area contributed by atoms with Crippen molar-refractivity contribution in [3.05, 3.63) is 41.0 Å². The topological polar surface area (TPSA) is 37.4 Å². The Kier molecular flexibility index (Phi) is 4.15. The van der Waals surface area contributed by atoms with Crippen LogP contribution in [0.4, 0.5) is 0 Å². The maximum absolute atomic E-state index is 12.0. The molecule has 0 bridgehead atoms. The van der Waals surface area contributed by atoms with Crippen LogP contribution in [0, 0.1) is 13.8 Å². The number of hydrogen-bond donors (Lipinski definition) is 0. The highest BCUT2D eigenvalue weighted by molar-refractivity contribution is 6.03. The Morgan fingerprint density at radius 1 is 1.21 bits per heavy atom. The first-order chi connectivity index (χ1) is 9.09. The number of imide groups is 1. The Morgan fingerprint density at radius 2 is 1.89 bits per heavy atom. The molecule has 1 aliphatic heterocycles. The number of nitrogens with zero attached hydrogens (tertiary/aromatic N) is 1. The second-order valence-electron chi connectivity index (χ2n) is 4.98. The van der Waals surface area contributed by atoms with Gasteiger partial charge in [-0.25, -0.2) is 0 Å². The first-order valence-electron chi connectivity index (χ1n) is 6.68. The van der Waals surface area contributed by atoms with Crippen LogP contribution in [0.15, 0.2) is 24.3 Å². The van der Waals surface area contributed by atoms with Gasteiger partial charge in [-0.3, -0.25) is 14.5 Å². The van der Waals surface area contributed by atoms with Crippen LogP contribution in [0.1, 0.15) is 36.0 Å². The predicted molar refractivity (Wildman–Crippen MR) is 75.5 cm³/mol. The van der Waals surface area contributed by atoms with Crippen LogP contribution in [-0.4, -0.2) is 23.3 Å². The quantitative estimate of drug-likeness (QED) is 0.764. The second-order valence-corrected chi connectivity index (χ2v) is 4.98. The SMILES string of the molecule is Cc1cccc(C)c1/C=C/C(=O)N1CCCCC1=O. The first kappa shape index (κ1) is 13.5. The molecule has 3 heteroatoms. The molecule has 1 fully saturated rings. The minimum atomic E-state index is -0.202. The summed E-state index contributed by atoms with van der Waals surface area (Å²) in [6, 6.07) is 6.03. The zero-order valence-corrected chi connectivity index (χ0v) is 11.5. The van der Waals surface area contributed by atoms with Gasteiger partial charge in [-0.05, 0) is 49.5 Å². The Hall–Kier alpha value is -1.90. The standard InChI is InChI=1S/C16H19NO2/c1-12-6-5-7-13(2)14(12)9-10-16(19)17-11-4-3-8-15(17)18/h5-7,9-10H,3-4,8,11H2,1-2H3/b10-9+. The lowest BCUT2D eigenvalue weighted by molar-refractivity contribution is -0.143. The molecular formula is C16H19NO2. The number of aryl methyl sites for hydroxylation is 2. The molecule has 0 N–H and O–H groups in total. The molecule has 2 rings (SSSR count). The number of carbonyl (C=O) groups excluding carboxylic acids is 2. The van der Waals surface area contributed by atoms with Crippen molar-refractivity contribution in [1.29, 1.82) is 0 Å². The second kappa shape index (κ2) is 5.83. The van der Waals surface area contributed by atoms with Gasteiger partial charge in [-0.15, -0.1) is 0 Å². The minimum absolute atomic E-state index is 0.0533. The molecule has 3 nitrogen and oxygen atoms in total. The molecule has 0 saturated carbocycles. The highest BCUT2D eigenvalue weighted by atomic mass is 16.2. The molecule has 1 aliphatic rings. The molecule has 1 aromatic rings. The van der Waals surface area contributed by atoms with Crippen LogP contribution in [0.5, 0.6) is 0 Å². The van der Waals surface area contributed by atoms with E-state index in [1.54, 1.807) is 0 Å². The number of carbonyl (C=O) groups is 2. The van der Waals surface area contributed by atoms with Crippen molar-refractivity contribution in [2.75, 3.05) is 6.54 Å². The smallest absolute Gasteiger partial charge is 0.253 e.